The van der Waals surface area contributed by atoms with Crippen LogP contribution in [0, 0.1) is 0 Å². The van der Waals surface area contributed by atoms with E-state index >= 15 is 0 Å². The average molecular weight is 457 g/mol. The van der Waals surface area contributed by atoms with Gasteiger partial charge in [0.05, 0.1) is 30.4 Å². The van der Waals surface area contributed by atoms with Gasteiger partial charge >= 0.3 is 17.9 Å². The lowest BCUT2D eigenvalue weighted by atomic mass is 10.2. The summed E-state index contributed by atoms with van der Waals surface area (Å²) in [6.07, 6.45) is 3.12. The van der Waals surface area contributed by atoms with E-state index in [2.05, 4.69) is 6.58 Å². The van der Waals surface area contributed by atoms with E-state index in [-0.39, 0.29) is 19.2 Å². The molecule has 3 rings (SSSR count). The number of esters is 3. The fourth-order valence-corrected chi connectivity index (χ4v) is 3.48. The summed E-state index contributed by atoms with van der Waals surface area (Å²) in [5.74, 6) is -1.39. The number of carbonyl (C=O) groups is 3. The zero-order chi connectivity index (χ0) is 22.8. The molecular formula is C24H24O7S. The number of hydrogen-bond donors (Lipinski definition) is 0. The minimum Gasteiger partial charge on any atom is -0.462 e. The molecule has 0 amide bonds. The Labute approximate surface area is 190 Å². The van der Waals surface area contributed by atoms with Gasteiger partial charge in [0.25, 0.3) is 0 Å². The van der Waals surface area contributed by atoms with Crippen molar-refractivity contribution in [2.75, 3.05) is 26.4 Å². The van der Waals surface area contributed by atoms with Crippen LogP contribution in [0.15, 0.2) is 71.0 Å². The van der Waals surface area contributed by atoms with Crippen LogP contribution in [-0.4, -0.2) is 50.4 Å². The average Bonchev–Trinajstić information content (AvgIpc) is 3.64. The van der Waals surface area contributed by atoms with E-state index in [1.165, 1.54) is 11.8 Å². The Balaban J connectivity index is 1.42. The van der Waals surface area contributed by atoms with Crippen molar-refractivity contribution < 1.29 is 33.3 Å². The first kappa shape index (κ1) is 23.6. The van der Waals surface area contributed by atoms with Crippen molar-refractivity contribution in [3.63, 3.8) is 0 Å². The summed E-state index contributed by atoms with van der Waals surface area (Å²) in [7, 11) is 0. The lowest BCUT2D eigenvalue weighted by Gasteiger charge is -2.07. The van der Waals surface area contributed by atoms with E-state index in [9.17, 15) is 14.4 Å². The molecule has 0 saturated carbocycles. The minimum absolute atomic E-state index is 0.0243. The molecule has 1 saturated heterocycles. The van der Waals surface area contributed by atoms with Gasteiger partial charge in [0.15, 0.2) is 0 Å². The third kappa shape index (κ3) is 7.86. The smallest absolute Gasteiger partial charge is 0.338 e. The van der Waals surface area contributed by atoms with Crippen molar-refractivity contribution in [3.8, 4) is 0 Å². The third-order valence-corrected chi connectivity index (χ3v) is 5.46. The van der Waals surface area contributed by atoms with E-state index in [1.807, 2.05) is 24.3 Å². The summed E-state index contributed by atoms with van der Waals surface area (Å²) in [4.78, 5) is 36.9. The first-order chi connectivity index (χ1) is 15.5. The SMILES string of the molecule is C=CC(=O)OCCOC(=O)c1ccc(Sc2ccc(C(=O)OCCCC3CO3)cc2)cc1. The second-order valence-corrected chi connectivity index (χ2v) is 8.04. The Kier molecular flexibility index (Phi) is 8.89. The highest BCUT2D eigenvalue weighted by Gasteiger charge is 2.21. The van der Waals surface area contributed by atoms with Crippen LogP contribution in [-0.2, 0) is 23.7 Å². The molecule has 0 aliphatic carbocycles. The van der Waals surface area contributed by atoms with E-state index < -0.39 is 11.9 Å². The molecule has 0 aromatic heterocycles. The molecule has 0 bridgehead atoms. The highest BCUT2D eigenvalue weighted by molar-refractivity contribution is 7.99. The maximum atomic E-state index is 12.1. The summed E-state index contributed by atoms with van der Waals surface area (Å²) in [6.45, 7) is 4.44. The fourth-order valence-electron chi connectivity index (χ4n) is 2.67. The lowest BCUT2D eigenvalue weighted by Crippen LogP contribution is -2.12. The molecule has 1 fully saturated rings. The molecule has 2 aromatic carbocycles. The summed E-state index contributed by atoms with van der Waals surface area (Å²) < 4.78 is 20.2. The van der Waals surface area contributed by atoms with Gasteiger partial charge in [-0.05, 0) is 61.4 Å². The molecule has 0 N–H and O–H groups in total. The quantitative estimate of drug-likeness (QED) is 0.155. The largest absolute Gasteiger partial charge is 0.462 e. The van der Waals surface area contributed by atoms with Crippen molar-refractivity contribution in [1.29, 1.82) is 0 Å². The van der Waals surface area contributed by atoms with Gasteiger partial charge < -0.3 is 18.9 Å². The highest BCUT2D eigenvalue weighted by atomic mass is 32.2. The van der Waals surface area contributed by atoms with Crippen LogP contribution >= 0.6 is 11.8 Å². The van der Waals surface area contributed by atoms with Crippen molar-refractivity contribution in [2.24, 2.45) is 0 Å². The highest BCUT2D eigenvalue weighted by Crippen LogP contribution is 2.28. The van der Waals surface area contributed by atoms with Gasteiger partial charge in [-0.1, -0.05) is 18.3 Å². The molecule has 1 atom stereocenters. The number of hydrogen-bond acceptors (Lipinski definition) is 8. The monoisotopic (exact) mass is 456 g/mol. The minimum atomic E-state index is -0.563. The Morgan fingerprint density at radius 1 is 0.875 bits per heavy atom. The molecule has 1 unspecified atom stereocenters. The summed E-state index contributed by atoms with van der Waals surface area (Å²) >= 11 is 1.50. The van der Waals surface area contributed by atoms with Crippen LogP contribution < -0.4 is 0 Å². The molecule has 1 aliphatic rings. The predicted octanol–water partition coefficient (Wildman–Crippen LogP) is 4.06. The van der Waals surface area contributed by atoms with E-state index in [1.54, 1.807) is 24.3 Å². The van der Waals surface area contributed by atoms with Gasteiger partial charge in [-0.15, -0.1) is 0 Å². The second-order valence-electron chi connectivity index (χ2n) is 6.89. The molecule has 0 spiro atoms. The van der Waals surface area contributed by atoms with Gasteiger partial charge in [-0.2, -0.15) is 0 Å². The molecule has 32 heavy (non-hydrogen) atoms. The maximum absolute atomic E-state index is 12.1. The first-order valence-corrected chi connectivity index (χ1v) is 11.0. The van der Waals surface area contributed by atoms with Crippen LogP contribution in [0.3, 0.4) is 0 Å². The molecule has 1 heterocycles. The molecule has 168 valence electrons. The van der Waals surface area contributed by atoms with Crippen molar-refractivity contribution in [3.05, 3.63) is 72.3 Å². The van der Waals surface area contributed by atoms with Crippen LogP contribution in [0.25, 0.3) is 0 Å². The number of ether oxygens (including phenoxy) is 4. The molecular weight excluding hydrogens is 432 g/mol. The summed E-state index contributed by atoms with van der Waals surface area (Å²) in [5, 5.41) is 0. The number of epoxide rings is 1. The van der Waals surface area contributed by atoms with Crippen LogP contribution in [0.1, 0.15) is 33.6 Å². The number of carbonyl (C=O) groups excluding carboxylic acids is 3. The summed E-state index contributed by atoms with van der Waals surface area (Å²) in [5.41, 5.74) is 0.907. The van der Waals surface area contributed by atoms with E-state index in [0.717, 1.165) is 35.3 Å². The predicted molar refractivity (Wildman–Crippen MR) is 118 cm³/mol. The van der Waals surface area contributed by atoms with Crippen LogP contribution in [0.2, 0.25) is 0 Å². The maximum Gasteiger partial charge on any atom is 0.338 e. The van der Waals surface area contributed by atoms with Gasteiger partial charge in [-0.25, -0.2) is 14.4 Å². The third-order valence-electron chi connectivity index (χ3n) is 4.45. The Bertz CT molecular complexity index is 934. The van der Waals surface area contributed by atoms with Gasteiger partial charge in [0.1, 0.15) is 13.2 Å². The van der Waals surface area contributed by atoms with Crippen molar-refractivity contribution in [1.82, 2.24) is 0 Å². The Morgan fingerprint density at radius 3 is 1.88 bits per heavy atom. The van der Waals surface area contributed by atoms with Crippen molar-refractivity contribution in [2.45, 2.75) is 28.7 Å². The van der Waals surface area contributed by atoms with Crippen LogP contribution in [0.5, 0.6) is 0 Å². The zero-order valence-electron chi connectivity index (χ0n) is 17.5. The summed E-state index contributed by atoms with van der Waals surface area (Å²) in [6, 6.07) is 14.1. The first-order valence-electron chi connectivity index (χ1n) is 10.2. The Morgan fingerprint density at radius 2 is 1.38 bits per heavy atom. The zero-order valence-corrected chi connectivity index (χ0v) is 18.3. The second kappa shape index (κ2) is 12.1. The topological polar surface area (TPSA) is 91.4 Å². The molecule has 2 aromatic rings. The van der Waals surface area contributed by atoms with Gasteiger partial charge in [0.2, 0.25) is 0 Å². The molecule has 8 heteroatoms. The molecule has 0 radical (unpaired) electrons. The normalized spacial score (nSPS) is 14.3. The van der Waals surface area contributed by atoms with Crippen molar-refractivity contribution >= 4 is 29.7 Å². The lowest BCUT2D eigenvalue weighted by molar-refractivity contribution is -0.138. The molecule has 1 aliphatic heterocycles. The van der Waals surface area contributed by atoms with E-state index in [0.29, 0.717) is 23.8 Å². The van der Waals surface area contributed by atoms with Gasteiger partial charge in [-0.3, -0.25) is 0 Å². The fraction of sp³-hybridized carbons (Fsp3) is 0.292. The Hall–Kier alpha value is -3.10. The molecule has 7 nitrogen and oxygen atoms in total. The number of benzene rings is 2. The van der Waals surface area contributed by atoms with Gasteiger partial charge in [0, 0.05) is 15.9 Å². The van der Waals surface area contributed by atoms with E-state index in [4.69, 9.17) is 18.9 Å². The number of rotatable bonds is 12. The van der Waals surface area contributed by atoms with Crippen LogP contribution in [0.4, 0.5) is 0 Å². The standard InChI is InChI=1S/C24H24O7S/c1-2-22(25)28-14-15-30-24(27)18-7-11-21(12-8-18)32-20-9-5-17(6-10-20)23(26)29-13-3-4-19-16-31-19/h2,5-12,19H,1,3-4,13-16H2.